The fourth-order valence-electron chi connectivity index (χ4n) is 1.85. The summed E-state index contributed by atoms with van der Waals surface area (Å²) < 4.78 is 11.0. The van der Waals surface area contributed by atoms with Crippen LogP contribution in [-0.2, 0) is 9.47 Å². The molecule has 0 amide bonds. The lowest BCUT2D eigenvalue weighted by molar-refractivity contribution is 0.0757. The van der Waals surface area contributed by atoms with Crippen LogP contribution in [0, 0.1) is 0 Å². The zero-order chi connectivity index (χ0) is 11.8. The Bertz CT molecular complexity index is 203. The molecule has 2 atom stereocenters. The summed E-state index contributed by atoms with van der Waals surface area (Å²) in [5.74, 6) is 0. The second-order valence-electron chi connectivity index (χ2n) is 4.36. The van der Waals surface area contributed by atoms with E-state index < -0.39 is 0 Å². The van der Waals surface area contributed by atoms with E-state index in [0.717, 1.165) is 31.6 Å². The molecule has 0 saturated carbocycles. The third-order valence-electron chi connectivity index (χ3n) is 2.67. The van der Waals surface area contributed by atoms with Gasteiger partial charge in [-0.3, -0.25) is 0 Å². The van der Waals surface area contributed by atoms with Gasteiger partial charge in [0.25, 0.3) is 0 Å². The van der Waals surface area contributed by atoms with Crippen molar-refractivity contribution in [2.24, 2.45) is 5.73 Å². The van der Waals surface area contributed by atoms with E-state index in [-0.39, 0.29) is 12.1 Å². The molecule has 4 nitrogen and oxygen atoms in total. The molecule has 0 aromatic carbocycles. The molecule has 0 bridgehead atoms. The van der Waals surface area contributed by atoms with Crippen molar-refractivity contribution in [3.8, 4) is 0 Å². The van der Waals surface area contributed by atoms with Crippen molar-refractivity contribution in [3.05, 3.63) is 12.2 Å². The zero-order valence-electron chi connectivity index (χ0n) is 10.2. The van der Waals surface area contributed by atoms with Crippen molar-refractivity contribution in [1.29, 1.82) is 0 Å². The Kier molecular flexibility index (Phi) is 6.64. The lowest BCUT2D eigenvalue weighted by Crippen LogP contribution is -2.46. The largest absolute Gasteiger partial charge is 0.377 e. The fraction of sp³-hybridized carbons (Fsp3) is 0.833. The average Bonchev–Trinajstić information content (AvgIpc) is 2.76. The number of ether oxygens (including phenoxy) is 2. The van der Waals surface area contributed by atoms with E-state index in [0.29, 0.717) is 19.8 Å². The lowest BCUT2D eigenvalue weighted by Gasteiger charge is -2.22. The van der Waals surface area contributed by atoms with Gasteiger partial charge in [0.1, 0.15) is 0 Å². The van der Waals surface area contributed by atoms with Crippen molar-refractivity contribution >= 4 is 0 Å². The van der Waals surface area contributed by atoms with Crippen LogP contribution in [-0.4, -0.2) is 45.1 Å². The van der Waals surface area contributed by atoms with E-state index in [1.165, 1.54) is 0 Å². The molecule has 0 aromatic heterocycles. The minimum atomic E-state index is 0.260. The predicted octanol–water partition coefficient (Wildman–Crippen LogP) is 0.675. The molecule has 0 aliphatic carbocycles. The Balaban J connectivity index is 2.06. The van der Waals surface area contributed by atoms with Crippen LogP contribution < -0.4 is 11.1 Å². The minimum Gasteiger partial charge on any atom is -0.377 e. The van der Waals surface area contributed by atoms with E-state index in [1.807, 2.05) is 6.92 Å². The van der Waals surface area contributed by atoms with Crippen LogP contribution in [0.5, 0.6) is 0 Å². The van der Waals surface area contributed by atoms with Gasteiger partial charge < -0.3 is 20.5 Å². The normalized spacial score (nSPS) is 22.2. The highest BCUT2D eigenvalue weighted by Gasteiger charge is 2.23. The van der Waals surface area contributed by atoms with Crippen molar-refractivity contribution < 1.29 is 9.47 Å². The highest BCUT2D eigenvalue weighted by Crippen LogP contribution is 2.14. The molecule has 16 heavy (non-hydrogen) atoms. The molecule has 4 heteroatoms. The molecule has 0 aromatic rings. The SMILES string of the molecule is C=C(C)COCCNC(CN)C1CCCO1. The van der Waals surface area contributed by atoms with Gasteiger partial charge in [0.05, 0.1) is 19.3 Å². The number of hydrogen-bond donors (Lipinski definition) is 2. The van der Waals surface area contributed by atoms with Gasteiger partial charge in [-0.2, -0.15) is 0 Å². The third-order valence-corrected chi connectivity index (χ3v) is 2.67. The summed E-state index contributed by atoms with van der Waals surface area (Å²) in [4.78, 5) is 0. The number of rotatable bonds is 8. The van der Waals surface area contributed by atoms with Gasteiger partial charge in [-0.1, -0.05) is 12.2 Å². The van der Waals surface area contributed by atoms with E-state index in [1.54, 1.807) is 0 Å². The maximum Gasteiger partial charge on any atom is 0.0741 e. The van der Waals surface area contributed by atoms with E-state index >= 15 is 0 Å². The Morgan fingerprint density at radius 2 is 2.50 bits per heavy atom. The molecule has 3 N–H and O–H groups in total. The van der Waals surface area contributed by atoms with Crippen molar-refractivity contribution in [1.82, 2.24) is 5.32 Å². The molecule has 1 heterocycles. The molecule has 1 rings (SSSR count). The van der Waals surface area contributed by atoms with E-state index in [4.69, 9.17) is 15.2 Å². The van der Waals surface area contributed by atoms with Gasteiger partial charge in [0.15, 0.2) is 0 Å². The summed E-state index contributed by atoms with van der Waals surface area (Å²) in [5.41, 5.74) is 6.77. The topological polar surface area (TPSA) is 56.5 Å². The first-order valence-electron chi connectivity index (χ1n) is 6.01. The molecular weight excluding hydrogens is 204 g/mol. The number of hydrogen-bond acceptors (Lipinski definition) is 4. The van der Waals surface area contributed by atoms with Crippen molar-refractivity contribution in [2.75, 3.05) is 32.9 Å². The Morgan fingerprint density at radius 1 is 1.69 bits per heavy atom. The van der Waals surface area contributed by atoms with Crippen LogP contribution in [0.3, 0.4) is 0 Å². The van der Waals surface area contributed by atoms with E-state index in [2.05, 4.69) is 11.9 Å². The summed E-state index contributed by atoms with van der Waals surface area (Å²) in [7, 11) is 0. The molecule has 1 fully saturated rings. The van der Waals surface area contributed by atoms with Gasteiger partial charge in [-0.15, -0.1) is 0 Å². The standard InChI is InChI=1S/C12H24N2O2/c1-10(2)9-15-7-5-14-11(8-13)12-4-3-6-16-12/h11-12,14H,1,3-9,13H2,2H3. The van der Waals surface area contributed by atoms with Gasteiger partial charge >= 0.3 is 0 Å². The van der Waals surface area contributed by atoms with Gasteiger partial charge in [-0.25, -0.2) is 0 Å². The van der Waals surface area contributed by atoms with Crippen LogP contribution in [0.25, 0.3) is 0 Å². The van der Waals surface area contributed by atoms with E-state index in [9.17, 15) is 0 Å². The first kappa shape index (κ1) is 13.6. The van der Waals surface area contributed by atoms with Crippen LogP contribution in [0.2, 0.25) is 0 Å². The first-order chi connectivity index (χ1) is 7.74. The van der Waals surface area contributed by atoms with Crippen LogP contribution in [0.4, 0.5) is 0 Å². The fourth-order valence-corrected chi connectivity index (χ4v) is 1.85. The average molecular weight is 228 g/mol. The third kappa shape index (κ3) is 5.07. The zero-order valence-corrected chi connectivity index (χ0v) is 10.2. The summed E-state index contributed by atoms with van der Waals surface area (Å²) in [6.07, 6.45) is 2.54. The summed E-state index contributed by atoms with van der Waals surface area (Å²) >= 11 is 0. The monoisotopic (exact) mass is 228 g/mol. The maximum atomic E-state index is 5.72. The van der Waals surface area contributed by atoms with Gasteiger partial charge in [0.2, 0.25) is 0 Å². The van der Waals surface area contributed by atoms with Crippen LogP contribution in [0.1, 0.15) is 19.8 Å². The van der Waals surface area contributed by atoms with Crippen LogP contribution >= 0.6 is 0 Å². The molecular formula is C12H24N2O2. The number of nitrogens with two attached hydrogens (primary N) is 1. The minimum absolute atomic E-state index is 0.260. The van der Waals surface area contributed by atoms with Crippen molar-refractivity contribution in [3.63, 3.8) is 0 Å². The summed E-state index contributed by atoms with van der Waals surface area (Å²) in [5, 5.41) is 3.38. The molecule has 1 aliphatic rings. The van der Waals surface area contributed by atoms with Gasteiger partial charge in [-0.05, 0) is 19.8 Å². The summed E-state index contributed by atoms with van der Waals surface area (Å²) in [6.45, 7) is 9.37. The molecule has 1 saturated heterocycles. The molecule has 0 spiro atoms. The van der Waals surface area contributed by atoms with Crippen molar-refractivity contribution in [2.45, 2.75) is 31.9 Å². The quantitative estimate of drug-likeness (QED) is 0.474. The predicted molar refractivity (Wildman–Crippen MR) is 65.5 cm³/mol. The Hall–Kier alpha value is -0.420. The molecule has 94 valence electrons. The highest BCUT2D eigenvalue weighted by molar-refractivity contribution is 4.87. The Morgan fingerprint density at radius 3 is 3.06 bits per heavy atom. The smallest absolute Gasteiger partial charge is 0.0741 e. The Labute approximate surface area is 98.2 Å². The second-order valence-corrected chi connectivity index (χ2v) is 4.36. The second kappa shape index (κ2) is 7.79. The summed E-state index contributed by atoms with van der Waals surface area (Å²) in [6, 6.07) is 0.260. The van der Waals surface area contributed by atoms with Gasteiger partial charge in [0, 0.05) is 25.7 Å². The maximum absolute atomic E-state index is 5.72. The molecule has 1 aliphatic heterocycles. The number of nitrogens with one attached hydrogen (secondary N) is 1. The highest BCUT2D eigenvalue weighted by atomic mass is 16.5. The molecule has 2 unspecified atom stereocenters. The lowest BCUT2D eigenvalue weighted by atomic mass is 10.1. The van der Waals surface area contributed by atoms with Crippen LogP contribution in [0.15, 0.2) is 12.2 Å². The molecule has 0 radical (unpaired) electrons. The first-order valence-corrected chi connectivity index (χ1v) is 6.01.